The van der Waals surface area contributed by atoms with Crippen molar-refractivity contribution in [1.82, 2.24) is 10.2 Å². The van der Waals surface area contributed by atoms with Gasteiger partial charge in [0.15, 0.2) is 0 Å². The highest BCUT2D eigenvalue weighted by molar-refractivity contribution is 4.82. The maximum atomic E-state index is 3.68. The second-order valence-corrected chi connectivity index (χ2v) is 6.88. The molecule has 1 aliphatic heterocycles. The zero-order chi connectivity index (χ0) is 13.4. The first-order valence-electron chi connectivity index (χ1n) is 8.02. The van der Waals surface area contributed by atoms with Gasteiger partial charge < -0.3 is 5.32 Å². The van der Waals surface area contributed by atoms with Gasteiger partial charge in [-0.2, -0.15) is 0 Å². The molecular formula is C16H34N2. The lowest BCUT2D eigenvalue weighted by Crippen LogP contribution is -2.49. The number of likely N-dealkylation sites (tertiary alicyclic amines) is 1. The van der Waals surface area contributed by atoms with Crippen LogP contribution in [0, 0.1) is 0 Å². The Balaban J connectivity index is 2.28. The molecule has 0 bridgehead atoms. The lowest BCUT2D eigenvalue weighted by atomic mass is 10.00. The number of unbranched alkanes of at least 4 members (excludes halogenated alkanes) is 3. The number of piperidine rings is 1. The van der Waals surface area contributed by atoms with Crippen molar-refractivity contribution >= 4 is 0 Å². The van der Waals surface area contributed by atoms with Gasteiger partial charge >= 0.3 is 0 Å². The van der Waals surface area contributed by atoms with E-state index in [1.807, 2.05) is 0 Å². The number of nitrogens with one attached hydrogen (secondary N) is 1. The molecule has 0 aromatic heterocycles. The third kappa shape index (κ3) is 6.75. The summed E-state index contributed by atoms with van der Waals surface area (Å²) in [5, 5.41) is 3.68. The van der Waals surface area contributed by atoms with E-state index in [2.05, 4.69) is 37.9 Å². The van der Waals surface area contributed by atoms with Crippen molar-refractivity contribution in [3.63, 3.8) is 0 Å². The van der Waals surface area contributed by atoms with Crippen LogP contribution in [0.25, 0.3) is 0 Å². The monoisotopic (exact) mass is 254 g/mol. The fourth-order valence-electron chi connectivity index (χ4n) is 2.75. The summed E-state index contributed by atoms with van der Waals surface area (Å²) in [6.07, 6.45) is 9.75. The Hall–Kier alpha value is -0.0800. The van der Waals surface area contributed by atoms with E-state index in [-0.39, 0.29) is 5.54 Å². The SMILES string of the molecule is CCCCCCN1CCCCC1CNC(C)(C)C. The topological polar surface area (TPSA) is 15.3 Å². The van der Waals surface area contributed by atoms with Crippen LogP contribution in [0.15, 0.2) is 0 Å². The third-order valence-electron chi connectivity index (χ3n) is 3.92. The summed E-state index contributed by atoms with van der Waals surface area (Å²) in [6, 6.07) is 0.777. The van der Waals surface area contributed by atoms with Crippen molar-refractivity contribution in [2.45, 2.75) is 84.2 Å². The zero-order valence-electron chi connectivity index (χ0n) is 13.1. The summed E-state index contributed by atoms with van der Waals surface area (Å²) in [5.41, 5.74) is 0.255. The summed E-state index contributed by atoms with van der Waals surface area (Å²) in [4.78, 5) is 2.73. The van der Waals surface area contributed by atoms with Crippen LogP contribution in [0.1, 0.15) is 72.6 Å². The van der Waals surface area contributed by atoms with Crippen molar-refractivity contribution in [2.24, 2.45) is 0 Å². The average molecular weight is 254 g/mol. The van der Waals surface area contributed by atoms with E-state index in [1.165, 1.54) is 58.0 Å². The normalized spacial score (nSPS) is 22.3. The number of hydrogen-bond acceptors (Lipinski definition) is 2. The first-order chi connectivity index (χ1) is 8.53. The quantitative estimate of drug-likeness (QED) is 0.695. The molecule has 2 nitrogen and oxygen atoms in total. The van der Waals surface area contributed by atoms with E-state index in [4.69, 9.17) is 0 Å². The van der Waals surface area contributed by atoms with Crippen molar-refractivity contribution in [2.75, 3.05) is 19.6 Å². The van der Waals surface area contributed by atoms with Crippen LogP contribution >= 0.6 is 0 Å². The van der Waals surface area contributed by atoms with Crippen molar-refractivity contribution in [3.8, 4) is 0 Å². The molecule has 18 heavy (non-hydrogen) atoms. The van der Waals surface area contributed by atoms with Gasteiger partial charge in [0.2, 0.25) is 0 Å². The van der Waals surface area contributed by atoms with Crippen LogP contribution in [0.2, 0.25) is 0 Å². The second-order valence-electron chi connectivity index (χ2n) is 6.88. The Bertz CT molecular complexity index is 208. The van der Waals surface area contributed by atoms with Crippen molar-refractivity contribution in [3.05, 3.63) is 0 Å². The summed E-state index contributed by atoms with van der Waals surface area (Å²) in [5.74, 6) is 0. The molecule has 0 radical (unpaired) electrons. The van der Waals surface area contributed by atoms with Gasteiger partial charge in [-0.25, -0.2) is 0 Å². The molecule has 1 N–H and O–H groups in total. The maximum Gasteiger partial charge on any atom is 0.0220 e. The van der Waals surface area contributed by atoms with E-state index in [0.717, 1.165) is 12.6 Å². The molecule has 0 aliphatic carbocycles. The summed E-state index contributed by atoms with van der Waals surface area (Å²) < 4.78 is 0. The predicted molar refractivity (Wildman–Crippen MR) is 81.1 cm³/mol. The smallest absolute Gasteiger partial charge is 0.0220 e. The fraction of sp³-hybridized carbons (Fsp3) is 1.00. The van der Waals surface area contributed by atoms with Crippen LogP contribution < -0.4 is 5.32 Å². The van der Waals surface area contributed by atoms with E-state index in [1.54, 1.807) is 0 Å². The fourth-order valence-corrected chi connectivity index (χ4v) is 2.75. The summed E-state index contributed by atoms with van der Waals surface area (Å²) in [6.45, 7) is 12.9. The Morgan fingerprint density at radius 3 is 2.56 bits per heavy atom. The molecule has 0 aromatic carbocycles. The highest BCUT2D eigenvalue weighted by Gasteiger charge is 2.23. The molecular weight excluding hydrogens is 220 g/mol. The Kier molecular flexibility index (Phi) is 7.25. The van der Waals surface area contributed by atoms with Gasteiger partial charge in [0.1, 0.15) is 0 Å². The van der Waals surface area contributed by atoms with Gasteiger partial charge in [-0.1, -0.05) is 32.6 Å². The minimum absolute atomic E-state index is 0.255. The highest BCUT2D eigenvalue weighted by Crippen LogP contribution is 2.18. The van der Waals surface area contributed by atoms with Crippen LogP contribution in [0.5, 0.6) is 0 Å². The van der Waals surface area contributed by atoms with E-state index in [9.17, 15) is 0 Å². The molecule has 0 spiro atoms. The summed E-state index contributed by atoms with van der Waals surface area (Å²) >= 11 is 0. The predicted octanol–water partition coefficient (Wildman–Crippen LogP) is 3.81. The molecule has 1 heterocycles. The van der Waals surface area contributed by atoms with Gasteiger partial charge in [-0.15, -0.1) is 0 Å². The minimum atomic E-state index is 0.255. The van der Waals surface area contributed by atoms with E-state index in [0.29, 0.717) is 0 Å². The van der Waals surface area contributed by atoms with E-state index < -0.39 is 0 Å². The van der Waals surface area contributed by atoms with Gasteiger partial charge in [0, 0.05) is 18.1 Å². The first-order valence-corrected chi connectivity index (χ1v) is 8.02. The van der Waals surface area contributed by atoms with Crippen LogP contribution in [0.4, 0.5) is 0 Å². The maximum absolute atomic E-state index is 3.68. The molecule has 0 aromatic rings. The average Bonchev–Trinajstić information content (AvgIpc) is 2.32. The van der Waals surface area contributed by atoms with Crippen LogP contribution in [-0.2, 0) is 0 Å². The largest absolute Gasteiger partial charge is 0.311 e. The molecule has 0 saturated carbocycles. The van der Waals surface area contributed by atoms with Gasteiger partial charge in [0.05, 0.1) is 0 Å². The van der Waals surface area contributed by atoms with Gasteiger partial charge in [-0.3, -0.25) is 4.90 Å². The van der Waals surface area contributed by atoms with Crippen molar-refractivity contribution in [1.29, 1.82) is 0 Å². The highest BCUT2D eigenvalue weighted by atomic mass is 15.2. The molecule has 0 amide bonds. The number of nitrogens with zero attached hydrogens (tertiary/aromatic N) is 1. The van der Waals surface area contributed by atoms with Crippen LogP contribution in [0.3, 0.4) is 0 Å². The second kappa shape index (κ2) is 8.16. The molecule has 2 heteroatoms. The Morgan fingerprint density at radius 1 is 1.11 bits per heavy atom. The lowest BCUT2D eigenvalue weighted by Gasteiger charge is -2.37. The standard InChI is InChI=1S/C16H34N2/c1-5-6-7-9-12-18-13-10-8-11-15(18)14-17-16(2,3)4/h15,17H,5-14H2,1-4H3. The molecule has 1 fully saturated rings. The first kappa shape index (κ1) is 16.0. The summed E-state index contributed by atoms with van der Waals surface area (Å²) in [7, 11) is 0. The number of hydrogen-bond donors (Lipinski definition) is 1. The molecule has 1 rings (SSSR count). The van der Waals surface area contributed by atoms with Crippen LogP contribution in [-0.4, -0.2) is 36.1 Å². The number of rotatable bonds is 7. The molecule has 108 valence electrons. The Morgan fingerprint density at radius 2 is 1.89 bits per heavy atom. The molecule has 1 unspecified atom stereocenters. The third-order valence-corrected chi connectivity index (χ3v) is 3.92. The van der Waals surface area contributed by atoms with Gasteiger partial charge in [0.25, 0.3) is 0 Å². The van der Waals surface area contributed by atoms with Gasteiger partial charge in [-0.05, 0) is 53.1 Å². The van der Waals surface area contributed by atoms with E-state index >= 15 is 0 Å². The minimum Gasteiger partial charge on any atom is -0.311 e. The molecule has 1 atom stereocenters. The molecule has 1 aliphatic rings. The zero-order valence-corrected chi connectivity index (χ0v) is 13.1. The lowest BCUT2D eigenvalue weighted by molar-refractivity contribution is 0.136. The van der Waals surface area contributed by atoms with Crippen molar-refractivity contribution < 1.29 is 0 Å². The Labute approximate surface area is 115 Å². The molecule has 1 saturated heterocycles.